The third-order valence-electron chi connectivity index (χ3n) is 4.26. The number of carboxylic acid groups (broad SMARTS) is 2. The SMILES string of the molecule is CC(C)(C)CC/C(C(=O)O)=C(/CCCCN1CCOCC1)C(=O)O. The molecule has 138 valence electrons. The van der Waals surface area contributed by atoms with Crippen LogP contribution in [-0.4, -0.2) is 59.9 Å². The summed E-state index contributed by atoms with van der Waals surface area (Å²) < 4.78 is 5.30. The molecule has 0 unspecified atom stereocenters. The van der Waals surface area contributed by atoms with E-state index in [2.05, 4.69) is 4.90 Å². The fourth-order valence-electron chi connectivity index (χ4n) is 2.74. The summed E-state index contributed by atoms with van der Waals surface area (Å²) in [6.07, 6.45) is 2.81. The molecule has 0 spiro atoms. The topological polar surface area (TPSA) is 87.1 Å². The van der Waals surface area contributed by atoms with Gasteiger partial charge in [-0.1, -0.05) is 20.8 Å². The number of hydrogen-bond donors (Lipinski definition) is 2. The number of hydrogen-bond acceptors (Lipinski definition) is 4. The Morgan fingerprint density at radius 3 is 2.00 bits per heavy atom. The van der Waals surface area contributed by atoms with Crippen molar-refractivity contribution in [2.45, 2.75) is 52.9 Å². The highest BCUT2D eigenvalue weighted by Gasteiger charge is 2.22. The minimum Gasteiger partial charge on any atom is -0.478 e. The molecule has 0 amide bonds. The third-order valence-corrected chi connectivity index (χ3v) is 4.26. The Labute approximate surface area is 144 Å². The summed E-state index contributed by atoms with van der Waals surface area (Å²) in [6.45, 7) is 10.3. The molecular formula is C18H31NO5. The first-order valence-corrected chi connectivity index (χ1v) is 8.69. The van der Waals surface area contributed by atoms with Crippen LogP contribution in [0.2, 0.25) is 0 Å². The molecule has 24 heavy (non-hydrogen) atoms. The van der Waals surface area contributed by atoms with Gasteiger partial charge in [0.15, 0.2) is 0 Å². The first-order valence-electron chi connectivity index (χ1n) is 8.69. The molecule has 0 aromatic rings. The van der Waals surface area contributed by atoms with Gasteiger partial charge in [0.1, 0.15) is 0 Å². The van der Waals surface area contributed by atoms with Crippen LogP contribution in [0.15, 0.2) is 11.1 Å². The van der Waals surface area contributed by atoms with Gasteiger partial charge in [-0.25, -0.2) is 9.59 Å². The smallest absolute Gasteiger partial charge is 0.332 e. The highest BCUT2D eigenvalue weighted by molar-refractivity contribution is 5.98. The van der Waals surface area contributed by atoms with Crippen LogP contribution in [0, 0.1) is 5.41 Å². The lowest BCUT2D eigenvalue weighted by Gasteiger charge is -2.26. The van der Waals surface area contributed by atoms with Gasteiger partial charge in [-0.3, -0.25) is 4.90 Å². The number of carboxylic acids is 2. The first-order chi connectivity index (χ1) is 11.2. The Morgan fingerprint density at radius 1 is 0.958 bits per heavy atom. The molecule has 0 atom stereocenters. The van der Waals surface area contributed by atoms with Crippen molar-refractivity contribution in [3.63, 3.8) is 0 Å². The number of unbranched alkanes of at least 4 members (excludes halogenated alkanes) is 1. The number of morpholine rings is 1. The molecule has 6 heteroatoms. The van der Waals surface area contributed by atoms with Gasteiger partial charge in [-0.15, -0.1) is 0 Å². The second-order valence-corrected chi connectivity index (χ2v) is 7.54. The Hall–Kier alpha value is -1.40. The molecular weight excluding hydrogens is 310 g/mol. The highest BCUT2D eigenvalue weighted by atomic mass is 16.5. The zero-order valence-corrected chi connectivity index (χ0v) is 15.1. The number of ether oxygens (including phenoxy) is 1. The quantitative estimate of drug-likeness (QED) is 0.495. The molecule has 1 fully saturated rings. The Kier molecular flexibility index (Phi) is 8.42. The van der Waals surface area contributed by atoms with E-state index in [1.807, 2.05) is 20.8 Å². The molecule has 1 aliphatic heterocycles. The molecule has 1 heterocycles. The van der Waals surface area contributed by atoms with Crippen LogP contribution in [0.5, 0.6) is 0 Å². The van der Waals surface area contributed by atoms with E-state index in [9.17, 15) is 19.8 Å². The van der Waals surface area contributed by atoms with Crippen molar-refractivity contribution in [1.82, 2.24) is 4.90 Å². The predicted octanol–water partition coefficient (Wildman–Crippen LogP) is 2.78. The summed E-state index contributed by atoms with van der Waals surface area (Å²) >= 11 is 0. The molecule has 0 aromatic carbocycles. The van der Waals surface area contributed by atoms with Crippen LogP contribution >= 0.6 is 0 Å². The van der Waals surface area contributed by atoms with E-state index < -0.39 is 11.9 Å². The second kappa shape index (κ2) is 9.79. The summed E-state index contributed by atoms with van der Waals surface area (Å²) in [6, 6.07) is 0. The van der Waals surface area contributed by atoms with Gasteiger partial charge >= 0.3 is 11.9 Å². The summed E-state index contributed by atoms with van der Waals surface area (Å²) in [5.41, 5.74) is 0.0956. The van der Waals surface area contributed by atoms with Crippen molar-refractivity contribution >= 4 is 11.9 Å². The maximum absolute atomic E-state index is 11.5. The van der Waals surface area contributed by atoms with Crippen LogP contribution in [0.1, 0.15) is 52.9 Å². The van der Waals surface area contributed by atoms with E-state index in [4.69, 9.17) is 4.74 Å². The Morgan fingerprint density at radius 2 is 1.50 bits per heavy atom. The number of carbonyl (C=O) groups is 2. The number of aliphatic carboxylic acids is 2. The minimum absolute atomic E-state index is 0.0271. The summed E-state index contributed by atoms with van der Waals surface area (Å²) in [5.74, 6) is -2.21. The van der Waals surface area contributed by atoms with Crippen molar-refractivity contribution in [2.24, 2.45) is 5.41 Å². The highest BCUT2D eigenvalue weighted by Crippen LogP contribution is 2.26. The fraction of sp³-hybridized carbons (Fsp3) is 0.778. The summed E-state index contributed by atoms with van der Waals surface area (Å²) in [5, 5.41) is 18.8. The molecule has 1 aliphatic rings. The van der Waals surface area contributed by atoms with E-state index >= 15 is 0 Å². The maximum atomic E-state index is 11.5. The molecule has 0 radical (unpaired) electrons. The van der Waals surface area contributed by atoms with Crippen LogP contribution < -0.4 is 0 Å². The molecule has 0 aromatic heterocycles. The predicted molar refractivity (Wildman–Crippen MR) is 92.1 cm³/mol. The van der Waals surface area contributed by atoms with Crippen LogP contribution in [0.25, 0.3) is 0 Å². The van der Waals surface area contributed by atoms with Crippen molar-refractivity contribution in [3.8, 4) is 0 Å². The average molecular weight is 341 g/mol. The third kappa shape index (κ3) is 7.93. The van der Waals surface area contributed by atoms with Gasteiger partial charge in [0.25, 0.3) is 0 Å². The van der Waals surface area contributed by atoms with Gasteiger partial charge in [-0.05, 0) is 44.1 Å². The molecule has 0 bridgehead atoms. The number of rotatable bonds is 9. The van der Waals surface area contributed by atoms with Crippen molar-refractivity contribution in [3.05, 3.63) is 11.1 Å². The van der Waals surface area contributed by atoms with Gasteiger partial charge in [0.2, 0.25) is 0 Å². The summed E-state index contributed by atoms with van der Waals surface area (Å²) in [7, 11) is 0. The lowest BCUT2D eigenvalue weighted by molar-refractivity contribution is -0.136. The maximum Gasteiger partial charge on any atom is 0.332 e. The van der Waals surface area contributed by atoms with Crippen LogP contribution in [0.4, 0.5) is 0 Å². The van der Waals surface area contributed by atoms with Crippen LogP contribution in [-0.2, 0) is 14.3 Å². The van der Waals surface area contributed by atoms with Gasteiger partial charge in [-0.2, -0.15) is 0 Å². The standard InChI is InChI=1S/C18H31NO5/c1-18(2,3)8-7-15(17(22)23)14(16(20)21)6-4-5-9-19-10-12-24-13-11-19/h4-13H2,1-3H3,(H,20,21)(H,22,23)/b15-14+. The van der Waals surface area contributed by atoms with Crippen molar-refractivity contribution < 1.29 is 24.5 Å². The zero-order valence-electron chi connectivity index (χ0n) is 15.1. The van der Waals surface area contributed by atoms with E-state index in [1.165, 1.54) is 0 Å². The zero-order chi connectivity index (χ0) is 18.2. The molecule has 1 saturated heterocycles. The van der Waals surface area contributed by atoms with Crippen LogP contribution in [0.3, 0.4) is 0 Å². The summed E-state index contributed by atoms with van der Waals surface area (Å²) in [4.78, 5) is 25.3. The molecule has 1 rings (SSSR count). The Bertz CT molecular complexity index is 459. The monoisotopic (exact) mass is 341 g/mol. The minimum atomic E-state index is -1.11. The largest absolute Gasteiger partial charge is 0.478 e. The van der Waals surface area contributed by atoms with E-state index in [-0.39, 0.29) is 16.6 Å². The first kappa shape index (κ1) is 20.6. The van der Waals surface area contributed by atoms with E-state index in [1.54, 1.807) is 0 Å². The van der Waals surface area contributed by atoms with Gasteiger partial charge < -0.3 is 14.9 Å². The normalized spacial score (nSPS) is 17.5. The van der Waals surface area contributed by atoms with E-state index in [0.29, 0.717) is 25.7 Å². The lowest BCUT2D eigenvalue weighted by atomic mass is 9.87. The Balaban J connectivity index is 2.60. The van der Waals surface area contributed by atoms with Gasteiger partial charge in [0, 0.05) is 24.2 Å². The van der Waals surface area contributed by atoms with Crippen molar-refractivity contribution in [2.75, 3.05) is 32.8 Å². The molecule has 0 saturated carbocycles. The fourth-order valence-corrected chi connectivity index (χ4v) is 2.74. The molecule has 6 nitrogen and oxygen atoms in total. The van der Waals surface area contributed by atoms with Gasteiger partial charge in [0.05, 0.1) is 13.2 Å². The lowest BCUT2D eigenvalue weighted by Crippen LogP contribution is -2.36. The van der Waals surface area contributed by atoms with Crippen molar-refractivity contribution in [1.29, 1.82) is 0 Å². The van der Waals surface area contributed by atoms with E-state index in [0.717, 1.165) is 39.3 Å². The number of nitrogens with zero attached hydrogens (tertiary/aromatic N) is 1. The molecule has 2 N–H and O–H groups in total. The average Bonchev–Trinajstić information content (AvgIpc) is 2.48. The molecule has 0 aliphatic carbocycles. The second-order valence-electron chi connectivity index (χ2n) is 7.54.